The number of nitrogens with zero attached hydrogens (tertiary/aromatic N) is 2. The van der Waals surface area contributed by atoms with Crippen molar-refractivity contribution >= 4 is 28.1 Å². The SMILES string of the molecule is O=C(O)N1CCN(C(=O)O)C(c2cc(O)ccc2Br)C1. The summed E-state index contributed by atoms with van der Waals surface area (Å²) < 4.78 is 0.624. The van der Waals surface area contributed by atoms with Crippen LogP contribution in [0.3, 0.4) is 0 Å². The fraction of sp³-hybridized carbons (Fsp3) is 0.333. The van der Waals surface area contributed by atoms with Gasteiger partial charge in [-0.05, 0) is 23.8 Å². The Kier molecular flexibility index (Phi) is 4.03. The number of phenolic OH excluding ortho intramolecular Hbond substituents is 1. The fourth-order valence-electron chi connectivity index (χ4n) is 2.24. The summed E-state index contributed by atoms with van der Waals surface area (Å²) in [4.78, 5) is 24.7. The molecule has 0 radical (unpaired) electrons. The van der Waals surface area contributed by atoms with Crippen LogP contribution in [-0.2, 0) is 0 Å². The van der Waals surface area contributed by atoms with E-state index in [0.29, 0.717) is 10.0 Å². The lowest BCUT2D eigenvalue weighted by atomic mass is 10.0. The molecule has 1 unspecified atom stereocenters. The maximum absolute atomic E-state index is 11.3. The summed E-state index contributed by atoms with van der Waals surface area (Å²) in [5, 5.41) is 27.8. The summed E-state index contributed by atoms with van der Waals surface area (Å²) in [6, 6.07) is 3.86. The van der Waals surface area contributed by atoms with Gasteiger partial charge < -0.3 is 20.2 Å². The maximum Gasteiger partial charge on any atom is 0.407 e. The number of amides is 2. The van der Waals surface area contributed by atoms with Gasteiger partial charge in [0.2, 0.25) is 0 Å². The van der Waals surface area contributed by atoms with Crippen LogP contribution >= 0.6 is 15.9 Å². The third-order valence-electron chi connectivity index (χ3n) is 3.24. The van der Waals surface area contributed by atoms with Crippen LogP contribution in [0.1, 0.15) is 11.6 Å². The second-order valence-corrected chi connectivity index (χ2v) is 5.28. The predicted molar refractivity (Wildman–Crippen MR) is 72.9 cm³/mol. The number of phenols is 1. The summed E-state index contributed by atoms with van der Waals surface area (Å²) in [5.74, 6) is 0.000914. The van der Waals surface area contributed by atoms with Crippen LogP contribution in [0.25, 0.3) is 0 Å². The van der Waals surface area contributed by atoms with E-state index < -0.39 is 18.2 Å². The average Bonchev–Trinajstić information content (AvgIpc) is 2.40. The third kappa shape index (κ3) is 2.79. The molecule has 1 fully saturated rings. The van der Waals surface area contributed by atoms with E-state index in [1.165, 1.54) is 21.9 Å². The van der Waals surface area contributed by atoms with Gasteiger partial charge in [-0.1, -0.05) is 15.9 Å². The van der Waals surface area contributed by atoms with Crippen LogP contribution in [0.2, 0.25) is 0 Å². The normalized spacial score (nSPS) is 18.9. The summed E-state index contributed by atoms with van der Waals surface area (Å²) in [7, 11) is 0. The zero-order valence-corrected chi connectivity index (χ0v) is 11.9. The zero-order valence-electron chi connectivity index (χ0n) is 10.4. The van der Waals surface area contributed by atoms with Gasteiger partial charge in [-0.3, -0.25) is 4.90 Å². The quantitative estimate of drug-likeness (QED) is 0.724. The number of piperazine rings is 1. The standard InChI is InChI=1S/C12H13BrN2O5/c13-9-2-1-7(16)5-8(9)10-6-14(11(17)18)3-4-15(10)12(19)20/h1-2,5,10,16H,3-4,6H2,(H,17,18)(H,19,20). The monoisotopic (exact) mass is 344 g/mol. The molecule has 2 amide bonds. The molecule has 1 aromatic carbocycles. The molecule has 20 heavy (non-hydrogen) atoms. The summed E-state index contributed by atoms with van der Waals surface area (Å²) in [6.45, 7) is 0.257. The molecule has 1 aromatic rings. The molecule has 0 saturated carbocycles. The van der Waals surface area contributed by atoms with Gasteiger partial charge in [0, 0.05) is 24.1 Å². The van der Waals surface area contributed by atoms with Crippen LogP contribution in [0.15, 0.2) is 22.7 Å². The van der Waals surface area contributed by atoms with E-state index in [1.54, 1.807) is 6.07 Å². The number of carboxylic acid groups (broad SMARTS) is 2. The van der Waals surface area contributed by atoms with Crippen molar-refractivity contribution < 1.29 is 24.9 Å². The first-order valence-corrected chi connectivity index (χ1v) is 6.65. The van der Waals surface area contributed by atoms with E-state index in [4.69, 9.17) is 5.11 Å². The molecule has 7 nitrogen and oxygen atoms in total. The van der Waals surface area contributed by atoms with Gasteiger partial charge in [0.05, 0.1) is 6.04 Å². The van der Waals surface area contributed by atoms with Crippen molar-refractivity contribution in [2.24, 2.45) is 0 Å². The molecular weight excluding hydrogens is 332 g/mol. The molecule has 0 bridgehead atoms. The smallest absolute Gasteiger partial charge is 0.407 e. The Morgan fingerprint density at radius 2 is 1.90 bits per heavy atom. The lowest BCUT2D eigenvalue weighted by Gasteiger charge is -2.39. The van der Waals surface area contributed by atoms with Crippen LogP contribution in [-0.4, -0.2) is 56.9 Å². The van der Waals surface area contributed by atoms with E-state index in [2.05, 4.69) is 15.9 Å². The molecule has 0 spiro atoms. The zero-order chi connectivity index (χ0) is 14.9. The Labute approximate surface area is 123 Å². The highest BCUT2D eigenvalue weighted by Gasteiger charge is 2.34. The van der Waals surface area contributed by atoms with Gasteiger partial charge in [-0.2, -0.15) is 0 Å². The number of hydrogen-bond acceptors (Lipinski definition) is 3. The molecule has 1 atom stereocenters. The molecule has 1 saturated heterocycles. The molecule has 0 aliphatic carbocycles. The minimum Gasteiger partial charge on any atom is -0.508 e. The van der Waals surface area contributed by atoms with E-state index in [0.717, 1.165) is 0 Å². The van der Waals surface area contributed by atoms with Gasteiger partial charge in [-0.25, -0.2) is 9.59 Å². The molecule has 3 N–H and O–H groups in total. The molecule has 1 aliphatic rings. The van der Waals surface area contributed by atoms with Gasteiger partial charge in [-0.15, -0.1) is 0 Å². The van der Waals surface area contributed by atoms with Crippen molar-refractivity contribution in [3.05, 3.63) is 28.2 Å². The van der Waals surface area contributed by atoms with Crippen LogP contribution in [0.5, 0.6) is 5.75 Å². The van der Waals surface area contributed by atoms with Gasteiger partial charge >= 0.3 is 12.2 Å². The minimum atomic E-state index is -1.12. The second-order valence-electron chi connectivity index (χ2n) is 4.43. The molecule has 2 rings (SSSR count). The number of hydrogen-bond donors (Lipinski definition) is 3. The first kappa shape index (κ1) is 14.4. The first-order valence-electron chi connectivity index (χ1n) is 5.86. The molecule has 1 aliphatic heterocycles. The largest absolute Gasteiger partial charge is 0.508 e. The molecule has 1 heterocycles. The molecule has 8 heteroatoms. The van der Waals surface area contributed by atoms with Crippen LogP contribution in [0.4, 0.5) is 9.59 Å². The fourth-order valence-corrected chi connectivity index (χ4v) is 2.75. The summed E-state index contributed by atoms with van der Waals surface area (Å²) in [5.41, 5.74) is 0.540. The lowest BCUT2D eigenvalue weighted by molar-refractivity contribution is 0.0633. The van der Waals surface area contributed by atoms with Gasteiger partial charge in [0.15, 0.2) is 0 Å². The highest BCUT2D eigenvalue weighted by atomic mass is 79.9. The lowest BCUT2D eigenvalue weighted by Crippen LogP contribution is -2.51. The van der Waals surface area contributed by atoms with E-state index in [9.17, 15) is 19.8 Å². The van der Waals surface area contributed by atoms with E-state index in [1.807, 2.05) is 0 Å². The topological polar surface area (TPSA) is 101 Å². The first-order chi connectivity index (χ1) is 9.40. The number of rotatable bonds is 1. The van der Waals surface area contributed by atoms with Gasteiger partial charge in [0.1, 0.15) is 5.75 Å². The molecule has 108 valence electrons. The number of carbonyl (C=O) groups is 2. The van der Waals surface area contributed by atoms with Crippen molar-refractivity contribution in [1.82, 2.24) is 9.80 Å². The Balaban J connectivity index is 2.38. The van der Waals surface area contributed by atoms with Crippen LogP contribution < -0.4 is 0 Å². The van der Waals surface area contributed by atoms with Crippen molar-refractivity contribution in [3.8, 4) is 5.75 Å². The third-order valence-corrected chi connectivity index (χ3v) is 3.96. The second kappa shape index (κ2) is 5.58. The maximum atomic E-state index is 11.3. The predicted octanol–water partition coefficient (Wildman–Crippen LogP) is 2.17. The Hall–Kier alpha value is -1.96. The Bertz CT molecular complexity index is 551. The van der Waals surface area contributed by atoms with Crippen molar-refractivity contribution in [3.63, 3.8) is 0 Å². The van der Waals surface area contributed by atoms with Crippen molar-refractivity contribution in [2.45, 2.75) is 6.04 Å². The van der Waals surface area contributed by atoms with Crippen molar-refractivity contribution in [2.75, 3.05) is 19.6 Å². The highest BCUT2D eigenvalue weighted by molar-refractivity contribution is 9.10. The van der Waals surface area contributed by atoms with E-state index in [-0.39, 0.29) is 25.4 Å². The van der Waals surface area contributed by atoms with Gasteiger partial charge in [0.25, 0.3) is 0 Å². The Morgan fingerprint density at radius 1 is 1.20 bits per heavy atom. The Morgan fingerprint density at radius 3 is 2.50 bits per heavy atom. The summed E-state index contributed by atoms with van der Waals surface area (Å²) in [6.07, 6.45) is -2.20. The highest BCUT2D eigenvalue weighted by Crippen LogP contribution is 2.33. The summed E-state index contributed by atoms with van der Waals surface area (Å²) >= 11 is 3.30. The van der Waals surface area contributed by atoms with Crippen LogP contribution in [0, 0.1) is 0 Å². The average molecular weight is 345 g/mol. The number of aromatic hydroxyl groups is 1. The molecular formula is C12H13BrN2O5. The molecule has 0 aromatic heterocycles. The van der Waals surface area contributed by atoms with Crippen molar-refractivity contribution in [1.29, 1.82) is 0 Å². The minimum absolute atomic E-state index is 0.000914. The number of halogens is 1. The van der Waals surface area contributed by atoms with E-state index >= 15 is 0 Å². The number of benzene rings is 1.